The third-order valence-corrected chi connectivity index (χ3v) is 5.19. The summed E-state index contributed by atoms with van der Waals surface area (Å²) >= 11 is 0. The predicted octanol–water partition coefficient (Wildman–Crippen LogP) is 4.60. The van der Waals surface area contributed by atoms with E-state index in [2.05, 4.69) is 4.74 Å². The van der Waals surface area contributed by atoms with Gasteiger partial charge in [0, 0.05) is 12.6 Å². The van der Waals surface area contributed by atoms with Crippen LogP contribution in [-0.4, -0.2) is 31.9 Å². The van der Waals surface area contributed by atoms with Crippen LogP contribution in [0.15, 0.2) is 24.3 Å². The van der Waals surface area contributed by atoms with Crippen molar-refractivity contribution in [2.45, 2.75) is 56.0 Å². The van der Waals surface area contributed by atoms with E-state index in [0.29, 0.717) is 5.56 Å². The SMILES string of the molecule is CNC(=O)COC(c1ccc(C2(C)CCCC2)cc1)(C(F)(F)F)C(F)(F)F. The summed E-state index contributed by atoms with van der Waals surface area (Å²) in [5.74, 6) is -1.09. The maximum Gasteiger partial charge on any atom is 0.430 e. The van der Waals surface area contributed by atoms with Gasteiger partial charge in [0.15, 0.2) is 0 Å². The molecule has 1 aromatic carbocycles. The molecule has 1 fully saturated rings. The van der Waals surface area contributed by atoms with Crippen LogP contribution in [0.25, 0.3) is 0 Å². The molecule has 0 heterocycles. The van der Waals surface area contributed by atoms with Crippen molar-refractivity contribution >= 4 is 5.91 Å². The fourth-order valence-electron chi connectivity index (χ4n) is 3.53. The summed E-state index contributed by atoms with van der Waals surface area (Å²) < 4.78 is 85.9. The van der Waals surface area contributed by atoms with Crippen molar-refractivity contribution < 1.29 is 35.9 Å². The number of rotatable bonds is 5. The van der Waals surface area contributed by atoms with Gasteiger partial charge in [-0.25, -0.2) is 0 Å². The molecule has 0 spiro atoms. The summed E-state index contributed by atoms with van der Waals surface area (Å²) in [6.45, 7) is 0.562. The van der Waals surface area contributed by atoms with Gasteiger partial charge < -0.3 is 10.1 Å². The van der Waals surface area contributed by atoms with Gasteiger partial charge in [-0.15, -0.1) is 0 Å². The Kier molecular flexibility index (Phi) is 5.85. The van der Waals surface area contributed by atoms with E-state index in [1.165, 1.54) is 12.1 Å². The molecule has 1 saturated carbocycles. The van der Waals surface area contributed by atoms with Gasteiger partial charge in [0.2, 0.25) is 5.91 Å². The monoisotopic (exact) mass is 397 g/mol. The number of halogens is 6. The van der Waals surface area contributed by atoms with Gasteiger partial charge in [0.05, 0.1) is 0 Å². The summed E-state index contributed by atoms with van der Waals surface area (Å²) in [6, 6.07) is 4.17. The second-order valence-corrected chi connectivity index (χ2v) is 6.98. The molecule has 1 amide bonds. The minimum atomic E-state index is -5.81. The van der Waals surface area contributed by atoms with E-state index < -0.39 is 36.0 Å². The van der Waals surface area contributed by atoms with E-state index in [1.54, 1.807) is 0 Å². The molecule has 0 unspecified atom stereocenters. The molecule has 0 saturated heterocycles. The van der Waals surface area contributed by atoms with Gasteiger partial charge in [-0.2, -0.15) is 26.3 Å². The average molecular weight is 397 g/mol. The molecule has 152 valence electrons. The standard InChI is InChI=1S/C18H21F6NO2/c1-15(9-3-4-10-15)12-5-7-13(8-6-12)16(17(19,20)21,18(22,23)24)27-11-14(26)25-2/h5-8H,3-4,9-11H2,1-2H3,(H,25,26). The van der Waals surface area contributed by atoms with Crippen LogP contribution < -0.4 is 5.32 Å². The highest BCUT2D eigenvalue weighted by molar-refractivity contribution is 5.76. The molecule has 0 aromatic heterocycles. The lowest BCUT2D eigenvalue weighted by Crippen LogP contribution is -2.56. The first-order valence-electron chi connectivity index (χ1n) is 8.46. The zero-order valence-corrected chi connectivity index (χ0v) is 14.9. The Morgan fingerprint density at radius 1 is 1.04 bits per heavy atom. The van der Waals surface area contributed by atoms with Crippen LogP contribution in [0.1, 0.15) is 43.7 Å². The Hall–Kier alpha value is -1.77. The fourth-order valence-corrected chi connectivity index (χ4v) is 3.53. The molecular formula is C18H21F6NO2. The molecule has 1 aliphatic rings. The molecule has 1 aromatic rings. The first-order chi connectivity index (χ1) is 12.4. The van der Waals surface area contributed by atoms with E-state index in [9.17, 15) is 31.1 Å². The van der Waals surface area contributed by atoms with Gasteiger partial charge in [-0.1, -0.05) is 44.0 Å². The summed E-state index contributed by atoms with van der Waals surface area (Å²) in [5, 5.41) is 1.94. The largest absolute Gasteiger partial charge is 0.430 e. The number of ether oxygens (including phenoxy) is 1. The van der Waals surface area contributed by atoms with E-state index in [0.717, 1.165) is 44.9 Å². The van der Waals surface area contributed by atoms with Gasteiger partial charge in [0.25, 0.3) is 5.60 Å². The molecule has 27 heavy (non-hydrogen) atoms. The highest BCUT2D eigenvalue weighted by Gasteiger charge is 2.73. The number of carbonyl (C=O) groups is 1. The second kappa shape index (κ2) is 7.33. The van der Waals surface area contributed by atoms with Crippen LogP contribution in [0, 0.1) is 0 Å². The van der Waals surface area contributed by atoms with Crippen LogP contribution in [-0.2, 0) is 20.5 Å². The smallest absolute Gasteiger partial charge is 0.357 e. The minimum Gasteiger partial charge on any atom is -0.357 e. The van der Waals surface area contributed by atoms with Gasteiger partial charge >= 0.3 is 12.4 Å². The van der Waals surface area contributed by atoms with Crippen molar-refractivity contribution in [1.29, 1.82) is 0 Å². The van der Waals surface area contributed by atoms with Crippen molar-refractivity contribution in [2.24, 2.45) is 0 Å². The Morgan fingerprint density at radius 3 is 1.93 bits per heavy atom. The Bertz CT molecular complexity index is 646. The highest BCUT2D eigenvalue weighted by atomic mass is 19.4. The first kappa shape index (κ1) is 21.5. The number of carbonyl (C=O) groups excluding carboxylic acids is 1. The zero-order chi connectivity index (χ0) is 20.5. The molecule has 0 radical (unpaired) electrons. The number of amides is 1. The van der Waals surface area contributed by atoms with Crippen LogP contribution in [0.3, 0.4) is 0 Å². The quantitative estimate of drug-likeness (QED) is 0.738. The molecule has 0 aliphatic heterocycles. The van der Waals surface area contributed by atoms with Crippen molar-refractivity contribution in [3.8, 4) is 0 Å². The lowest BCUT2D eigenvalue weighted by molar-refractivity contribution is -0.387. The van der Waals surface area contributed by atoms with E-state index in [1.807, 2.05) is 12.2 Å². The number of hydrogen-bond acceptors (Lipinski definition) is 2. The highest BCUT2D eigenvalue weighted by Crippen LogP contribution is 2.53. The van der Waals surface area contributed by atoms with Gasteiger partial charge in [-0.05, 0) is 23.8 Å². The lowest BCUT2D eigenvalue weighted by Gasteiger charge is -2.37. The predicted molar refractivity (Wildman–Crippen MR) is 86.1 cm³/mol. The number of hydrogen-bond donors (Lipinski definition) is 1. The third kappa shape index (κ3) is 3.93. The molecular weight excluding hydrogens is 376 g/mol. The molecule has 2 rings (SSSR count). The van der Waals surface area contributed by atoms with Gasteiger partial charge in [-0.3, -0.25) is 4.79 Å². The third-order valence-electron chi connectivity index (χ3n) is 5.19. The normalized spacial score (nSPS) is 17.8. The minimum absolute atomic E-state index is 0.263. The van der Waals surface area contributed by atoms with Crippen LogP contribution in [0.5, 0.6) is 0 Å². The molecule has 9 heteroatoms. The van der Waals surface area contributed by atoms with E-state index >= 15 is 0 Å². The number of benzene rings is 1. The van der Waals surface area contributed by atoms with Gasteiger partial charge in [0.1, 0.15) is 6.61 Å². The van der Waals surface area contributed by atoms with Crippen molar-refractivity contribution in [2.75, 3.05) is 13.7 Å². The van der Waals surface area contributed by atoms with E-state index in [4.69, 9.17) is 0 Å². The van der Waals surface area contributed by atoms with Crippen LogP contribution >= 0.6 is 0 Å². The van der Waals surface area contributed by atoms with Crippen molar-refractivity contribution in [1.82, 2.24) is 5.32 Å². The van der Waals surface area contributed by atoms with Crippen molar-refractivity contribution in [3.63, 3.8) is 0 Å². The molecule has 0 atom stereocenters. The maximum atomic E-state index is 13.6. The molecule has 1 aliphatic carbocycles. The Balaban J connectivity index is 2.50. The number of alkyl halides is 6. The Morgan fingerprint density at radius 2 is 1.52 bits per heavy atom. The van der Waals surface area contributed by atoms with Crippen LogP contribution in [0.4, 0.5) is 26.3 Å². The average Bonchev–Trinajstić information content (AvgIpc) is 3.01. The van der Waals surface area contributed by atoms with Crippen LogP contribution in [0.2, 0.25) is 0 Å². The van der Waals surface area contributed by atoms with E-state index in [-0.39, 0.29) is 5.41 Å². The van der Waals surface area contributed by atoms with Crippen molar-refractivity contribution in [3.05, 3.63) is 35.4 Å². The molecule has 0 bridgehead atoms. The topological polar surface area (TPSA) is 38.3 Å². The number of likely N-dealkylation sites (N-methyl/N-ethyl adjacent to an activating group) is 1. The zero-order valence-electron chi connectivity index (χ0n) is 14.9. The fraction of sp³-hybridized carbons (Fsp3) is 0.611. The maximum absolute atomic E-state index is 13.6. The summed E-state index contributed by atoms with van der Waals surface area (Å²) in [6.07, 6.45) is -8.05. The second-order valence-electron chi connectivity index (χ2n) is 6.98. The number of nitrogens with one attached hydrogen (secondary N) is 1. The first-order valence-corrected chi connectivity index (χ1v) is 8.46. The molecule has 1 N–H and O–H groups in total. The summed E-state index contributed by atoms with van der Waals surface area (Å²) in [4.78, 5) is 11.2. The summed E-state index contributed by atoms with van der Waals surface area (Å²) in [5.41, 5.74) is -5.26. The Labute approximate surface area is 153 Å². The molecule has 3 nitrogen and oxygen atoms in total. The summed E-state index contributed by atoms with van der Waals surface area (Å²) in [7, 11) is 1.09. The lowest BCUT2D eigenvalue weighted by atomic mass is 9.79.